The molecule has 3 atom stereocenters. The molecule has 206 valence electrons. The van der Waals surface area contributed by atoms with Gasteiger partial charge in [-0.25, -0.2) is 22.0 Å². The quantitative estimate of drug-likeness (QED) is 0.343. The number of rotatable bonds is 9. The first-order valence-corrected chi connectivity index (χ1v) is 12.9. The third-order valence-electron chi connectivity index (χ3n) is 7.86. The standard InChI is InChI=1S/C28H31F6N3O/c1-16-9-20-19-5-2-3-6-23(19)35-26(20)27(37(16)14-28(33,34)15-38)24-21(30)10-17(11-22(24)31)25(32)18-12-36(13-18)8-4-7-29/h2-3,5-6,10-11,16,18,25,27,35,38H,4,7-9,12-15H2,1H3/t16-,25?,27-/m1/s1. The summed E-state index contributed by atoms with van der Waals surface area (Å²) in [5.41, 5.74) is 1.33. The van der Waals surface area contributed by atoms with E-state index < -0.39 is 67.1 Å². The zero-order chi connectivity index (χ0) is 27.2. The summed E-state index contributed by atoms with van der Waals surface area (Å²) in [5.74, 6) is -5.99. The highest BCUT2D eigenvalue weighted by Gasteiger charge is 2.44. The molecule has 0 radical (unpaired) electrons. The van der Waals surface area contributed by atoms with Gasteiger partial charge in [0.05, 0.1) is 19.3 Å². The smallest absolute Gasteiger partial charge is 0.283 e. The fourth-order valence-electron chi connectivity index (χ4n) is 5.94. The first-order chi connectivity index (χ1) is 18.1. The number of hydrogen-bond acceptors (Lipinski definition) is 3. The molecule has 4 nitrogen and oxygen atoms in total. The summed E-state index contributed by atoms with van der Waals surface area (Å²) in [5, 5.41) is 10.1. The Bertz CT molecular complexity index is 1270. The van der Waals surface area contributed by atoms with Crippen LogP contribution in [0.3, 0.4) is 0 Å². The zero-order valence-electron chi connectivity index (χ0n) is 21.0. The second-order valence-corrected chi connectivity index (χ2v) is 10.6. The van der Waals surface area contributed by atoms with Crippen molar-refractivity contribution in [2.75, 3.05) is 39.5 Å². The van der Waals surface area contributed by atoms with Crippen LogP contribution in [0.4, 0.5) is 26.3 Å². The van der Waals surface area contributed by atoms with E-state index >= 15 is 13.2 Å². The lowest BCUT2D eigenvalue weighted by Crippen LogP contribution is -2.49. The van der Waals surface area contributed by atoms with Gasteiger partial charge in [-0.3, -0.25) is 9.29 Å². The lowest BCUT2D eigenvalue weighted by atomic mass is 9.85. The Balaban J connectivity index is 1.53. The van der Waals surface area contributed by atoms with E-state index in [-0.39, 0.29) is 5.56 Å². The summed E-state index contributed by atoms with van der Waals surface area (Å²) in [6, 6.07) is 7.46. The molecule has 38 heavy (non-hydrogen) atoms. The third-order valence-corrected chi connectivity index (χ3v) is 7.86. The van der Waals surface area contributed by atoms with E-state index in [1.165, 1.54) is 4.90 Å². The topological polar surface area (TPSA) is 42.5 Å². The normalized spacial score (nSPS) is 22.0. The molecular weight excluding hydrogens is 508 g/mol. The summed E-state index contributed by atoms with van der Waals surface area (Å²) in [7, 11) is 0. The second kappa shape index (κ2) is 10.5. The average molecular weight is 540 g/mol. The van der Waals surface area contributed by atoms with E-state index in [1.54, 1.807) is 19.1 Å². The fourth-order valence-corrected chi connectivity index (χ4v) is 5.94. The van der Waals surface area contributed by atoms with Gasteiger partial charge in [-0.05, 0) is 49.1 Å². The van der Waals surface area contributed by atoms with Gasteiger partial charge in [0, 0.05) is 53.8 Å². The van der Waals surface area contributed by atoms with Crippen molar-refractivity contribution in [3.05, 3.63) is 70.4 Å². The van der Waals surface area contributed by atoms with Crippen LogP contribution in [0, 0.1) is 17.6 Å². The van der Waals surface area contributed by atoms with Crippen LogP contribution >= 0.6 is 0 Å². The number of aromatic amines is 1. The molecule has 1 fully saturated rings. The SMILES string of the molecule is C[C@@H]1Cc2c([nH]c3ccccc23)[C@@H](c2c(F)cc(C(F)C3CN(CCCF)C3)cc2F)N1CC(F)(F)CO. The zero-order valence-corrected chi connectivity index (χ0v) is 21.0. The number of alkyl halides is 4. The lowest BCUT2D eigenvalue weighted by molar-refractivity contribution is -0.0869. The minimum absolute atomic E-state index is 0.146. The molecule has 1 aromatic heterocycles. The highest BCUT2D eigenvalue weighted by molar-refractivity contribution is 5.85. The molecule has 2 aliphatic heterocycles. The van der Waals surface area contributed by atoms with E-state index in [0.717, 1.165) is 23.1 Å². The molecule has 2 aliphatic rings. The van der Waals surface area contributed by atoms with Crippen molar-refractivity contribution in [2.24, 2.45) is 5.92 Å². The number of fused-ring (bicyclic) bond motifs is 3. The van der Waals surface area contributed by atoms with Gasteiger partial charge in [-0.15, -0.1) is 0 Å². The number of nitrogens with zero attached hydrogens (tertiary/aromatic N) is 2. The molecule has 2 N–H and O–H groups in total. The Hall–Kier alpha value is -2.56. The lowest BCUT2D eigenvalue weighted by Gasteiger charge is -2.42. The van der Waals surface area contributed by atoms with Crippen LogP contribution in [0.2, 0.25) is 0 Å². The van der Waals surface area contributed by atoms with Gasteiger partial charge in [-0.2, -0.15) is 0 Å². The van der Waals surface area contributed by atoms with Gasteiger partial charge >= 0.3 is 0 Å². The number of aromatic nitrogens is 1. The minimum Gasteiger partial charge on any atom is -0.390 e. The van der Waals surface area contributed by atoms with Gasteiger partial charge in [0.15, 0.2) is 0 Å². The molecule has 10 heteroatoms. The molecule has 0 saturated carbocycles. The Morgan fingerprint density at radius 3 is 2.47 bits per heavy atom. The van der Waals surface area contributed by atoms with Crippen LogP contribution in [0.1, 0.15) is 47.9 Å². The number of nitrogens with one attached hydrogen (secondary N) is 1. The van der Waals surface area contributed by atoms with Crippen molar-refractivity contribution < 1.29 is 31.4 Å². The van der Waals surface area contributed by atoms with E-state index in [2.05, 4.69) is 4.98 Å². The van der Waals surface area contributed by atoms with E-state index in [0.29, 0.717) is 43.7 Å². The maximum atomic E-state index is 15.7. The molecular formula is C28H31F6N3O. The van der Waals surface area contributed by atoms with Gasteiger partial charge in [0.1, 0.15) is 24.4 Å². The second-order valence-electron chi connectivity index (χ2n) is 10.6. The van der Waals surface area contributed by atoms with Crippen LogP contribution in [-0.4, -0.2) is 71.3 Å². The molecule has 1 unspecified atom stereocenters. The van der Waals surface area contributed by atoms with Gasteiger partial charge < -0.3 is 15.0 Å². The van der Waals surface area contributed by atoms with Crippen LogP contribution < -0.4 is 0 Å². The van der Waals surface area contributed by atoms with Gasteiger partial charge in [0.2, 0.25) is 0 Å². The van der Waals surface area contributed by atoms with Crippen molar-refractivity contribution in [1.29, 1.82) is 0 Å². The highest BCUT2D eigenvalue weighted by atomic mass is 19.3. The number of aliphatic hydroxyl groups is 1. The third kappa shape index (κ3) is 4.94. The Morgan fingerprint density at radius 2 is 1.82 bits per heavy atom. The van der Waals surface area contributed by atoms with Crippen LogP contribution in [0.25, 0.3) is 10.9 Å². The summed E-state index contributed by atoms with van der Waals surface area (Å²) in [4.78, 5) is 6.37. The molecule has 2 aromatic carbocycles. The van der Waals surface area contributed by atoms with Crippen LogP contribution in [-0.2, 0) is 6.42 Å². The maximum Gasteiger partial charge on any atom is 0.283 e. The predicted octanol–water partition coefficient (Wildman–Crippen LogP) is 5.71. The molecule has 0 bridgehead atoms. The first kappa shape index (κ1) is 27.0. The summed E-state index contributed by atoms with van der Waals surface area (Å²) >= 11 is 0. The van der Waals surface area contributed by atoms with Crippen molar-refractivity contribution >= 4 is 10.9 Å². The highest BCUT2D eigenvalue weighted by Crippen LogP contribution is 2.44. The number of halogens is 6. The molecule has 3 aromatic rings. The predicted molar refractivity (Wildman–Crippen MR) is 133 cm³/mol. The fraction of sp³-hybridized carbons (Fsp3) is 0.500. The Morgan fingerprint density at radius 1 is 1.13 bits per heavy atom. The molecule has 1 saturated heterocycles. The van der Waals surface area contributed by atoms with Crippen molar-refractivity contribution in [3.63, 3.8) is 0 Å². The van der Waals surface area contributed by atoms with E-state index in [1.807, 2.05) is 17.0 Å². The van der Waals surface area contributed by atoms with Crippen LogP contribution in [0.15, 0.2) is 36.4 Å². The molecule has 0 aliphatic carbocycles. The average Bonchev–Trinajstić information content (AvgIpc) is 3.22. The number of hydrogen-bond donors (Lipinski definition) is 2. The number of benzene rings is 2. The van der Waals surface area contributed by atoms with E-state index in [9.17, 15) is 18.3 Å². The van der Waals surface area contributed by atoms with Gasteiger partial charge in [0.25, 0.3) is 5.92 Å². The maximum absolute atomic E-state index is 15.7. The van der Waals surface area contributed by atoms with Crippen molar-refractivity contribution in [3.8, 4) is 0 Å². The number of likely N-dealkylation sites (tertiary alicyclic amines) is 1. The molecule has 5 rings (SSSR count). The number of aliphatic hydroxyl groups excluding tert-OH is 1. The summed E-state index contributed by atoms with van der Waals surface area (Å²) < 4.78 is 87.9. The van der Waals surface area contributed by atoms with Crippen molar-refractivity contribution in [2.45, 2.75) is 43.9 Å². The summed E-state index contributed by atoms with van der Waals surface area (Å²) in [6.07, 6.45) is -0.895. The Kier molecular flexibility index (Phi) is 7.50. The molecule has 3 heterocycles. The largest absolute Gasteiger partial charge is 0.390 e. The minimum atomic E-state index is -3.49. The summed E-state index contributed by atoms with van der Waals surface area (Å²) in [6.45, 7) is 0.175. The monoisotopic (exact) mass is 539 g/mol. The van der Waals surface area contributed by atoms with Crippen molar-refractivity contribution in [1.82, 2.24) is 14.8 Å². The van der Waals surface area contributed by atoms with Gasteiger partial charge in [-0.1, -0.05) is 18.2 Å². The molecule has 0 spiro atoms. The van der Waals surface area contributed by atoms with E-state index in [4.69, 9.17) is 0 Å². The first-order valence-electron chi connectivity index (χ1n) is 12.9. The van der Waals surface area contributed by atoms with Crippen LogP contribution in [0.5, 0.6) is 0 Å². The number of para-hydroxylation sites is 1. The Labute approximate surface area is 217 Å². The number of H-pyrrole nitrogens is 1. The molecule has 0 amide bonds.